The zero-order chi connectivity index (χ0) is 24.6. The number of aromatic nitrogens is 1. The summed E-state index contributed by atoms with van der Waals surface area (Å²) in [4.78, 5) is 27.8. The van der Waals surface area contributed by atoms with Crippen LogP contribution in [0.25, 0.3) is 0 Å². The molecule has 34 heavy (non-hydrogen) atoms. The van der Waals surface area contributed by atoms with Gasteiger partial charge in [-0.1, -0.05) is 74.4 Å². The summed E-state index contributed by atoms with van der Waals surface area (Å²) in [6.07, 6.45) is 9.97. The molecule has 6 nitrogen and oxygen atoms in total. The number of carbonyl (C=O) groups is 2. The summed E-state index contributed by atoms with van der Waals surface area (Å²) in [5.41, 5.74) is 4.52. The third-order valence-corrected chi connectivity index (χ3v) is 5.59. The van der Waals surface area contributed by atoms with Crippen LogP contribution in [0.1, 0.15) is 99.2 Å². The van der Waals surface area contributed by atoms with Gasteiger partial charge in [-0.25, -0.2) is 0 Å². The molecule has 0 aliphatic rings. The van der Waals surface area contributed by atoms with Gasteiger partial charge in [0.05, 0.1) is 12.6 Å². The number of aromatic amines is 1. The minimum Gasteiger partial charge on any atom is -0.394 e. The largest absolute Gasteiger partial charge is 0.394 e. The fourth-order valence-corrected chi connectivity index (χ4v) is 3.25. The van der Waals surface area contributed by atoms with Gasteiger partial charge in [0.2, 0.25) is 0 Å². The number of benzene rings is 1. The molecule has 0 saturated carbocycles. The Hall–Kier alpha value is -2.96. The number of amides is 1. The van der Waals surface area contributed by atoms with Crippen LogP contribution < -0.4 is 11.5 Å². The van der Waals surface area contributed by atoms with E-state index in [0.29, 0.717) is 24.1 Å². The first-order valence-electron chi connectivity index (χ1n) is 11.9. The van der Waals surface area contributed by atoms with Gasteiger partial charge >= 0.3 is 0 Å². The number of carbonyl (C=O) groups excluding carboxylic acids is 2. The number of aliphatic hydroxyl groups excluding tert-OH is 1. The highest BCUT2D eigenvalue weighted by molar-refractivity contribution is 6.00. The van der Waals surface area contributed by atoms with E-state index in [9.17, 15) is 14.7 Å². The molecule has 2 rings (SSSR count). The highest BCUT2D eigenvalue weighted by Crippen LogP contribution is 2.15. The van der Waals surface area contributed by atoms with E-state index in [-0.39, 0.29) is 24.4 Å². The molecule has 0 radical (unpaired) electrons. The molecule has 1 atom stereocenters. The average Bonchev–Trinajstić information content (AvgIpc) is 3.36. The van der Waals surface area contributed by atoms with Crippen LogP contribution in [0.15, 0.2) is 65.9 Å². The number of ketones is 1. The molecule has 0 saturated heterocycles. The van der Waals surface area contributed by atoms with Gasteiger partial charge in [0.1, 0.15) is 5.69 Å². The Labute approximate surface area is 205 Å². The SMILES string of the molecule is CC.CC/C(C)=C(/C)CC/C=C\CCC(=O)c1c[nH]c(C(=O)NC(CO)c2ccccc2)c1.N. The Balaban J connectivity index is 0.00000353. The number of rotatable bonds is 12. The fourth-order valence-electron chi connectivity index (χ4n) is 3.25. The van der Waals surface area contributed by atoms with E-state index in [1.54, 1.807) is 12.3 Å². The van der Waals surface area contributed by atoms with Crippen molar-refractivity contribution in [2.75, 3.05) is 6.61 Å². The molecular weight excluding hydrogens is 426 g/mol. The summed E-state index contributed by atoms with van der Waals surface area (Å²) in [7, 11) is 0. The summed E-state index contributed by atoms with van der Waals surface area (Å²) in [6, 6.07) is 10.4. The van der Waals surface area contributed by atoms with Crippen molar-refractivity contribution >= 4 is 11.7 Å². The summed E-state index contributed by atoms with van der Waals surface area (Å²) < 4.78 is 0. The molecule has 6 N–H and O–H groups in total. The van der Waals surface area contributed by atoms with Gasteiger partial charge in [0.25, 0.3) is 5.91 Å². The van der Waals surface area contributed by atoms with Gasteiger partial charge in [-0.05, 0) is 51.2 Å². The third kappa shape index (κ3) is 10.3. The van der Waals surface area contributed by atoms with Crippen LogP contribution in [0.4, 0.5) is 0 Å². The zero-order valence-corrected chi connectivity index (χ0v) is 21.5. The highest BCUT2D eigenvalue weighted by Gasteiger charge is 2.17. The molecule has 1 aromatic carbocycles. The van der Waals surface area contributed by atoms with E-state index < -0.39 is 6.04 Å². The second kappa shape index (κ2) is 17.5. The average molecular weight is 470 g/mol. The van der Waals surface area contributed by atoms with Gasteiger partial charge in [-0.15, -0.1) is 0 Å². The molecule has 1 heterocycles. The van der Waals surface area contributed by atoms with Crippen molar-refractivity contribution in [3.05, 3.63) is 82.7 Å². The molecule has 1 unspecified atom stereocenters. The molecule has 6 heteroatoms. The van der Waals surface area contributed by atoms with Crippen molar-refractivity contribution in [1.29, 1.82) is 0 Å². The normalized spacial score (nSPS) is 12.2. The first kappa shape index (κ1) is 31.0. The van der Waals surface area contributed by atoms with E-state index in [4.69, 9.17) is 0 Å². The van der Waals surface area contributed by atoms with Crippen molar-refractivity contribution in [3.63, 3.8) is 0 Å². The zero-order valence-electron chi connectivity index (χ0n) is 21.5. The summed E-state index contributed by atoms with van der Waals surface area (Å²) in [6.45, 7) is 10.3. The van der Waals surface area contributed by atoms with Crippen LogP contribution >= 0.6 is 0 Å². The van der Waals surface area contributed by atoms with Crippen molar-refractivity contribution in [2.45, 2.75) is 72.8 Å². The quantitative estimate of drug-likeness (QED) is 0.204. The van der Waals surface area contributed by atoms with Gasteiger partial charge < -0.3 is 21.6 Å². The molecule has 0 bridgehead atoms. The topological polar surface area (TPSA) is 117 Å². The van der Waals surface area contributed by atoms with E-state index in [1.807, 2.05) is 44.2 Å². The molecule has 0 aliphatic heterocycles. The van der Waals surface area contributed by atoms with E-state index >= 15 is 0 Å². The van der Waals surface area contributed by atoms with E-state index in [1.165, 1.54) is 11.1 Å². The maximum absolute atomic E-state index is 12.5. The first-order chi connectivity index (χ1) is 16.0. The Morgan fingerprint density at radius 2 is 1.65 bits per heavy atom. The maximum atomic E-state index is 12.5. The Bertz CT molecular complexity index is 914. The highest BCUT2D eigenvalue weighted by atomic mass is 16.3. The predicted octanol–water partition coefficient (Wildman–Crippen LogP) is 6.71. The second-order valence-corrected chi connectivity index (χ2v) is 7.81. The van der Waals surface area contributed by atoms with Crippen LogP contribution in [-0.4, -0.2) is 28.4 Å². The molecule has 188 valence electrons. The van der Waals surface area contributed by atoms with Gasteiger partial charge in [0, 0.05) is 18.2 Å². The van der Waals surface area contributed by atoms with E-state index in [0.717, 1.165) is 24.8 Å². The number of Topliss-reactive ketones (excluding diaryl/α,β-unsaturated/α-hetero) is 1. The minimum atomic E-state index is -0.499. The number of H-pyrrole nitrogens is 1. The van der Waals surface area contributed by atoms with Crippen LogP contribution in [0.2, 0.25) is 0 Å². The number of aliphatic hydroxyl groups is 1. The Kier molecular flexibility index (Phi) is 16.0. The fraction of sp³-hybridized carbons (Fsp3) is 0.429. The minimum absolute atomic E-state index is 0. The maximum Gasteiger partial charge on any atom is 0.268 e. The van der Waals surface area contributed by atoms with Crippen LogP contribution in [-0.2, 0) is 0 Å². The van der Waals surface area contributed by atoms with Crippen molar-refractivity contribution in [3.8, 4) is 0 Å². The van der Waals surface area contributed by atoms with Gasteiger partial charge in [-0.2, -0.15) is 0 Å². The van der Waals surface area contributed by atoms with Crippen LogP contribution in [0, 0.1) is 0 Å². The lowest BCUT2D eigenvalue weighted by molar-refractivity contribution is 0.0911. The predicted molar refractivity (Wildman–Crippen MR) is 142 cm³/mol. The number of nitrogens with one attached hydrogen (secondary N) is 2. The van der Waals surface area contributed by atoms with Crippen molar-refractivity contribution in [1.82, 2.24) is 16.5 Å². The Morgan fingerprint density at radius 1 is 1.03 bits per heavy atom. The Morgan fingerprint density at radius 3 is 2.24 bits per heavy atom. The molecule has 2 aromatic rings. The monoisotopic (exact) mass is 469 g/mol. The van der Waals surface area contributed by atoms with Gasteiger partial charge in [-0.3, -0.25) is 9.59 Å². The van der Waals surface area contributed by atoms with Crippen LogP contribution in [0.3, 0.4) is 0 Å². The van der Waals surface area contributed by atoms with E-state index in [2.05, 4.69) is 43.2 Å². The van der Waals surface area contributed by atoms with Crippen molar-refractivity contribution in [2.24, 2.45) is 0 Å². The lowest BCUT2D eigenvalue weighted by Gasteiger charge is -2.16. The second-order valence-electron chi connectivity index (χ2n) is 7.81. The smallest absolute Gasteiger partial charge is 0.268 e. The molecule has 1 amide bonds. The van der Waals surface area contributed by atoms with Gasteiger partial charge in [0.15, 0.2) is 5.78 Å². The molecule has 1 aromatic heterocycles. The summed E-state index contributed by atoms with van der Waals surface area (Å²) in [5, 5.41) is 12.4. The molecule has 0 aliphatic carbocycles. The standard InChI is InChI=1S/C26H34N2O3.C2H6.H3N/c1-4-19(2)20(3)12-8-5-6-11-15-25(30)22-16-23(27-17-22)26(31)28-24(18-29)21-13-9-7-10-14-21;1-2;/h5-7,9-10,13-14,16-17,24,27,29H,4,8,11-12,15,18H2,1-3H3,(H,28,31);1-2H3;1H3/b6-5-,20-19-;;. The summed E-state index contributed by atoms with van der Waals surface area (Å²) >= 11 is 0. The molecule has 0 fully saturated rings. The molecular formula is C28H43N3O3. The lowest BCUT2D eigenvalue weighted by atomic mass is 10.0. The first-order valence-corrected chi connectivity index (χ1v) is 11.9. The lowest BCUT2D eigenvalue weighted by Crippen LogP contribution is -2.30. The number of allylic oxidation sites excluding steroid dienone is 4. The third-order valence-electron chi connectivity index (χ3n) is 5.59. The van der Waals surface area contributed by atoms with Crippen LogP contribution in [0.5, 0.6) is 0 Å². The molecule has 0 spiro atoms. The van der Waals surface area contributed by atoms with Crippen molar-refractivity contribution < 1.29 is 14.7 Å². The summed E-state index contributed by atoms with van der Waals surface area (Å²) in [5.74, 6) is -0.354. The number of hydrogen-bond donors (Lipinski definition) is 4. The number of hydrogen-bond acceptors (Lipinski definition) is 4.